The van der Waals surface area contributed by atoms with E-state index in [2.05, 4.69) is 0 Å². The Morgan fingerprint density at radius 1 is 1.07 bits per heavy atom. The molecule has 0 spiro atoms. The minimum atomic E-state index is -3.73. The van der Waals surface area contributed by atoms with Crippen LogP contribution in [0.25, 0.3) is 0 Å². The quantitative estimate of drug-likeness (QED) is 0.623. The third-order valence-corrected chi connectivity index (χ3v) is 7.02. The molecule has 0 aliphatic carbocycles. The molecule has 0 aromatic heterocycles. The molecule has 3 rings (SSSR count). The Hall–Kier alpha value is -2.51. The molecule has 0 saturated carbocycles. The van der Waals surface area contributed by atoms with Crippen LogP contribution in [0.4, 0.5) is 0 Å². The Morgan fingerprint density at radius 2 is 1.77 bits per heavy atom. The van der Waals surface area contributed by atoms with Crippen molar-refractivity contribution in [2.24, 2.45) is 5.92 Å². The lowest BCUT2D eigenvalue weighted by Crippen LogP contribution is -2.42. The molecule has 1 atom stereocenters. The van der Waals surface area contributed by atoms with E-state index in [0.717, 1.165) is 0 Å². The normalized spacial score (nSPS) is 17.7. The molecule has 0 amide bonds. The number of benzene rings is 2. The molecule has 1 aliphatic heterocycles. The van der Waals surface area contributed by atoms with Gasteiger partial charge in [-0.25, -0.2) is 8.42 Å². The molecule has 6 nitrogen and oxygen atoms in total. The maximum atomic E-state index is 13.1. The first-order valence-electron chi connectivity index (χ1n) is 10.1. The van der Waals surface area contributed by atoms with Gasteiger partial charge < -0.3 is 4.74 Å². The van der Waals surface area contributed by atoms with Gasteiger partial charge in [-0.05, 0) is 57.9 Å². The Kier molecular flexibility index (Phi) is 6.73. The van der Waals surface area contributed by atoms with Crippen LogP contribution in [0, 0.1) is 5.92 Å². The summed E-state index contributed by atoms with van der Waals surface area (Å²) in [5.41, 5.74) is 0.993. The number of carbonyl (C=O) groups excluding carboxylic acids is 2. The Bertz CT molecular complexity index is 1030. The summed E-state index contributed by atoms with van der Waals surface area (Å²) in [7, 11) is -3.73. The van der Waals surface area contributed by atoms with Crippen molar-refractivity contribution in [2.75, 3.05) is 13.1 Å². The standard InChI is InChI=1S/C23H27NO5S/c1-16(2)29-21-8-4-6-19(14-21)23(26)20-7-5-13-24(15-20)30(27,28)22-11-9-18(10-12-22)17(3)25/h4,6,8-12,14,16,20H,5,7,13,15H2,1-3H3. The number of ether oxygens (including phenoxy) is 1. The molecule has 1 saturated heterocycles. The van der Waals surface area contributed by atoms with Crippen LogP contribution in [0.2, 0.25) is 0 Å². The highest BCUT2D eigenvalue weighted by molar-refractivity contribution is 7.89. The van der Waals surface area contributed by atoms with Crippen LogP contribution in [-0.2, 0) is 10.0 Å². The van der Waals surface area contributed by atoms with Gasteiger partial charge in [0.25, 0.3) is 0 Å². The predicted octanol–water partition coefficient (Wildman–Crippen LogP) is 3.96. The summed E-state index contributed by atoms with van der Waals surface area (Å²) in [6.07, 6.45) is 1.26. The molecule has 1 heterocycles. The predicted molar refractivity (Wildman–Crippen MR) is 114 cm³/mol. The number of sulfonamides is 1. The lowest BCUT2D eigenvalue weighted by atomic mass is 9.91. The third-order valence-electron chi connectivity index (χ3n) is 5.14. The SMILES string of the molecule is CC(=O)c1ccc(S(=O)(=O)N2CCCC(C(=O)c3cccc(OC(C)C)c3)C2)cc1. The van der Waals surface area contributed by atoms with Crippen molar-refractivity contribution < 1.29 is 22.7 Å². The summed E-state index contributed by atoms with van der Waals surface area (Å²) in [5, 5.41) is 0. The van der Waals surface area contributed by atoms with Gasteiger partial charge in [0.05, 0.1) is 11.0 Å². The summed E-state index contributed by atoms with van der Waals surface area (Å²) >= 11 is 0. The number of Topliss-reactive ketones (excluding diaryl/α,β-unsaturated/α-hetero) is 2. The highest BCUT2D eigenvalue weighted by Gasteiger charge is 2.33. The minimum absolute atomic E-state index is 0.0000532. The summed E-state index contributed by atoms with van der Waals surface area (Å²) < 4.78 is 33.2. The second-order valence-electron chi connectivity index (χ2n) is 7.84. The average Bonchev–Trinajstić information content (AvgIpc) is 2.73. The number of hydrogen-bond donors (Lipinski definition) is 0. The van der Waals surface area contributed by atoms with E-state index >= 15 is 0 Å². The van der Waals surface area contributed by atoms with Crippen LogP contribution in [-0.4, -0.2) is 43.5 Å². The van der Waals surface area contributed by atoms with E-state index in [4.69, 9.17) is 4.74 Å². The first-order valence-corrected chi connectivity index (χ1v) is 11.5. The van der Waals surface area contributed by atoms with E-state index in [9.17, 15) is 18.0 Å². The molecular weight excluding hydrogens is 402 g/mol. The maximum absolute atomic E-state index is 13.1. The molecule has 0 bridgehead atoms. The van der Waals surface area contributed by atoms with E-state index in [1.807, 2.05) is 13.8 Å². The van der Waals surface area contributed by atoms with Crippen LogP contribution in [0.1, 0.15) is 54.3 Å². The summed E-state index contributed by atoms with van der Waals surface area (Å²) in [6, 6.07) is 13.0. The zero-order valence-electron chi connectivity index (χ0n) is 17.5. The van der Waals surface area contributed by atoms with Crippen molar-refractivity contribution in [3.63, 3.8) is 0 Å². The fourth-order valence-corrected chi connectivity index (χ4v) is 5.14. The van der Waals surface area contributed by atoms with E-state index in [-0.39, 0.29) is 29.1 Å². The van der Waals surface area contributed by atoms with Crippen LogP contribution in [0.15, 0.2) is 53.4 Å². The lowest BCUT2D eigenvalue weighted by molar-refractivity contribution is 0.0871. The van der Waals surface area contributed by atoms with Crippen LogP contribution in [0.5, 0.6) is 5.75 Å². The largest absolute Gasteiger partial charge is 0.491 e. The van der Waals surface area contributed by atoms with Crippen LogP contribution in [0.3, 0.4) is 0 Å². The monoisotopic (exact) mass is 429 g/mol. The number of carbonyl (C=O) groups is 2. The molecule has 30 heavy (non-hydrogen) atoms. The average molecular weight is 430 g/mol. The second kappa shape index (κ2) is 9.10. The third kappa shape index (κ3) is 4.96. The van der Waals surface area contributed by atoms with Gasteiger partial charge in [-0.2, -0.15) is 4.31 Å². The topological polar surface area (TPSA) is 80.8 Å². The first-order chi connectivity index (χ1) is 14.2. The number of rotatable bonds is 7. The maximum Gasteiger partial charge on any atom is 0.243 e. The van der Waals surface area contributed by atoms with E-state index in [0.29, 0.717) is 36.3 Å². The number of nitrogens with zero attached hydrogens (tertiary/aromatic N) is 1. The number of hydrogen-bond acceptors (Lipinski definition) is 5. The summed E-state index contributed by atoms with van der Waals surface area (Å²) in [4.78, 5) is 24.6. The smallest absolute Gasteiger partial charge is 0.243 e. The molecule has 1 aliphatic rings. The van der Waals surface area contributed by atoms with Crippen molar-refractivity contribution in [1.82, 2.24) is 4.31 Å². The first kappa shape index (κ1) is 22.2. The van der Waals surface area contributed by atoms with Gasteiger partial charge in [0, 0.05) is 30.1 Å². The molecule has 2 aromatic rings. The van der Waals surface area contributed by atoms with E-state index < -0.39 is 15.9 Å². The Morgan fingerprint density at radius 3 is 2.40 bits per heavy atom. The minimum Gasteiger partial charge on any atom is -0.491 e. The Balaban J connectivity index is 1.77. The summed E-state index contributed by atoms with van der Waals surface area (Å²) in [6.45, 7) is 5.79. The lowest BCUT2D eigenvalue weighted by Gasteiger charge is -2.31. The van der Waals surface area contributed by atoms with Gasteiger partial charge in [-0.15, -0.1) is 0 Å². The number of ketones is 2. The van der Waals surface area contributed by atoms with Gasteiger partial charge in [0.15, 0.2) is 11.6 Å². The molecule has 0 radical (unpaired) electrons. The van der Waals surface area contributed by atoms with Crippen molar-refractivity contribution in [3.05, 3.63) is 59.7 Å². The number of piperidine rings is 1. The van der Waals surface area contributed by atoms with Crippen molar-refractivity contribution >= 4 is 21.6 Å². The van der Waals surface area contributed by atoms with Crippen molar-refractivity contribution in [2.45, 2.75) is 44.6 Å². The Labute approximate surface area is 177 Å². The van der Waals surface area contributed by atoms with Gasteiger partial charge in [-0.1, -0.05) is 24.3 Å². The molecule has 1 fully saturated rings. The van der Waals surface area contributed by atoms with Gasteiger partial charge >= 0.3 is 0 Å². The van der Waals surface area contributed by atoms with Gasteiger partial charge in [0.2, 0.25) is 10.0 Å². The van der Waals surface area contributed by atoms with Gasteiger partial charge in [0.1, 0.15) is 5.75 Å². The second-order valence-corrected chi connectivity index (χ2v) is 9.78. The zero-order valence-corrected chi connectivity index (χ0v) is 18.3. The van der Waals surface area contributed by atoms with Gasteiger partial charge in [-0.3, -0.25) is 9.59 Å². The molecular formula is C23H27NO5S. The fraction of sp³-hybridized carbons (Fsp3) is 0.391. The van der Waals surface area contributed by atoms with Crippen LogP contribution < -0.4 is 4.74 Å². The van der Waals surface area contributed by atoms with Crippen molar-refractivity contribution in [1.29, 1.82) is 0 Å². The zero-order chi connectivity index (χ0) is 21.9. The van der Waals surface area contributed by atoms with Crippen LogP contribution >= 0.6 is 0 Å². The van der Waals surface area contributed by atoms with E-state index in [1.54, 1.807) is 24.3 Å². The molecule has 7 heteroatoms. The highest BCUT2D eigenvalue weighted by atomic mass is 32.2. The fourth-order valence-electron chi connectivity index (χ4n) is 3.62. The van der Waals surface area contributed by atoms with E-state index in [1.165, 1.54) is 35.5 Å². The molecule has 160 valence electrons. The summed E-state index contributed by atoms with van der Waals surface area (Å²) in [5.74, 6) is 0.0308. The van der Waals surface area contributed by atoms with Crippen molar-refractivity contribution in [3.8, 4) is 5.75 Å². The molecule has 1 unspecified atom stereocenters. The molecule has 2 aromatic carbocycles. The highest BCUT2D eigenvalue weighted by Crippen LogP contribution is 2.27. The molecule has 0 N–H and O–H groups in total.